The van der Waals surface area contributed by atoms with E-state index in [2.05, 4.69) is 19.1 Å². The van der Waals surface area contributed by atoms with Crippen LogP contribution >= 0.6 is 0 Å². The van der Waals surface area contributed by atoms with E-state index in [1.165, 1.54) is 57.8 Å². The Kier molecular flexibility index (Phi) is 15.0. The topological polar surface area (TPSA) is 79.2 Å². The van der Waals surface area contributed by atoms with Gasteiger partial charge in [-0.2, -0.15) is 0 Å². The lowest BCUT2D eigenvalue weighted by Gasteiger charge is -2.20. The highest BCUT2D eigenvalue weighted by Gasteiger charge is 2.40. The molecule has 1 aliphatic heterocycles. The third kappa shape index (κ3) is 11.2. The van der Waals surface area contributed by atoms with Crippen molar-refractivity contribution >= 4 is 0 Å². The van der Waals surface area contributed by atoms with E-state index in [1.54, 1.807) is 0 Å². The van der Waals surface area contributed by atoms with Crippen LogP contribution in [0.25, 0.3) is 0 Å². The molecule has 0 saturated carbocycles. The van der Waals surface area contributed by atoms with Crippen LogP contribution in [0.2, 0.25) is 0 Å². The third-order valence-electron chi connectivity index (χ3n) is 5.22. The van der Waals surface area contributed by atoms with Crippen LogP contribution in [-0.4, -0.2) is 59.6 Å². The van der Waals surface area contributed by atoms with Gasteiger partial charge < -0.3 is 24.8 Å². The summed E-state index contributed by atoms with van der Waals surface area (Å²) >= 11 is 0. The molecule has 0 unspecified atom stereocenters. The Labute approximate surface area is 165 Å². The van der Waals surface area contributed by atoms with Gasteiger partial charge in [0.2, 0.25) is 0 Å². The van der Waals surface area contributed by atoms with E-state index in [9.17, 15) is 10.2 Å². The molecule has 160 valence electrons. The van der Waals surface area contributed by atoms with Gasteiger partial charge in [-0.25, -0.2) is 0 Å². The summed E-state index contributed by atoms with van der Waals surface area (Å²) < 4.78 is 11.0. The minimum Gasteiger partial charge on any atom is -0.394 e. The molecule has 3 N–H and O–H groups in total. The monoisotopic (exact) mass is 386 g/mol. The summed E-state index contributed by atoms with van der Waals surface area (Å²) in [6.45, 7) is 2.71. The van der Waals surface area contributed by atoms with Gasteiger partial charge in [-0.05, 0) is 32.1 Å². The van der Waals surface area contributed by atoms with Crippen molar-refractivity contribution in [1.82, 2.24) is 0 Å². The molecular weight excluding hydrogens is 344 g/mol. The van der Waals surface area contributed by atoms with Crippen LogP contribution in [-0.2, 0) is 9.47 Å². The number of allylic oxidation sites excluding steroid dienone is 2. The highest BCUT2D eigenvalue weighted by molar-refractivity contribution is 4.88. The fourth-order valence-corrected chi connectivity index (χ4v) is 3.43. The lowest BCUT2D eigenvalue weighted by molar-refractivity contribution is -0.0730. The number of hydrogen-bond acceptors (Lipinski definition) is 5. The zero-order valence-corrected chi connectivity index (χ0v) is 17.2. The van der Waals surface area contributed by atoms with E-state index >= 15 is 0 Å². The Morgan fingerprint density at radius 1 is 0.963 bits per heavy atom. The van der Waals surface area contributed by atoms with Crippen LogP contribution in [0.15, 0.2) is 12.2 Å². The fraction of sp³-hybridized carbons (Fsp3) is 0.909. The highest BCUT2D eigenvalue weighted by Crippen LogP contribution is 2.20. The normalized spacial score (nSPS) is 24.1. The van der Waals surface area contributed by atoms with Crippen molar-refractivity contribution in [3.8, 4) is 0 Å². The van der Waals surface area contributed by atoms with Crippen LogP contribution in [0.1, 0.15) is 84.0 Å². The smallest absolute Gasteiger partial charge is 0.114 e. The molecule has 0 radical (unpaired) electrons. The van der Waals surface area contributed by atoms with Crippen molar-refractivity contribution < 1.29 is 24.8 Å². The second-order valence-corrected chi connectivity index (χ2v) is 7.68. The van der Waals surface area contributed by atoms with Crippen molar-refractivity contribution in [2.45, 2.75) is 108 Å². The summed E-state index contributed by atoms with van der Waals surface area (Å²) in [4.78, 5) is 0. The summed E-state index contributed by atoms with van der Waals surface area (Å²) in [7, 11) is 0. The Bertz CT molecular complexity index is 361. The van der Waals surface area contributed by atoms with Gasteiger partial charge in [-0.1, -0.05) is 64.0 Å². The Morgan fingerprint density at radius 2 is 1.56 bits per heavy atom. The first kappa shape index (κ1) is 24.6. The molecule has 5 nitrogen and oxygen atoms in total. The summed E-state index contributed by atoms with van der Waals surface area (Å²) in [5, 5.41) is 28.5. The number of unbranched alkanes of at least 4 members (excludes halogenated alkanes) is 10. The van der Waals surface area contributed by atoms with Gasteiger partial charge in [0, 0.05) is 6.61 Å². The molecule has 0 spiro atoms. The Morgan fingerprint density at radius 3 is 2.19 bits per heavy atom. The van der Waals surface area contributed by atoms with Crippen LogP contribution in [0.5, 0.6) is 0 Å². The fourth-order valence-electron chi connectivity index (χ4n) is 3.43. The molecule has 5 heteroatoms. The van der Waals surface area contributed by atoms with Gasteiger partial charge in [0.05, 0.1) is 13.2 Å². The Hall–Kier alpha value is -0.460. The third-order valence-corrected chi connectivity index (χ3v) is 5.22. The van der Waals surface area contributed by atoms with E-state index in [-0.39, 0.29) is 6.61 Å². The van der Waals surface area contributed by atoms with Crippen LogP contribution in [0, 0.1) is 0 Å². The predicted octanol–water partition coefficient (Wildman–Crippen LogP) is 3.74. The zero-order valence-electron chi connectivity index (χ0n) is 17.2. The molecule has 1 fully saturated rings. The van der Waals surface area contributed by atoms with Crippen LogP contribution < -0.4 is 0 Å². The molecule has 0 aliphatic carbocycles. The first-order chi connectivity index (χ1) is 13.2. The van der Waals surface area contributed by atoms with Crippen molar-refractivity contribution in [3.05, 3.63) is 12.2 Å². The first-order valence-corrected chi connectivity index (χ1v) is 11.1. The molecule has 1 aliphatic rings. The maximum atomic E-state index is 10.0. The van der Waals surface area contributed by atoms with Gasteiger partial charge in [-0.15, -0.1) is 0 Å². The maximum absolute atomic E-state index is 10.0. The molecule has 1 rings (SSSR count). The molecule has 0 aromatic heterocycles. The van der Waals surface area contributed by atoms with Crippen molar-refractivity contribution in [3.63, 3.8) is 0 Å². The predicted molar refractivity (Wildman–Crippen MR) is 109 cm³/mol. The van der Waals surface area contributed by atoms with E-state index < -0.39 is 31.0 Å². The first-order valence-electron chi connectivity index (χ1n) is 11.1. The zero-order chi connectivity index (χ0) is 19.7. The maximum Gasteiger partial charge on any atom is 0.114 e. The largest absolute Gasteiger partial charge is 0.394 e. The van der Waals surface area contributed by atoms with E-state index in [0.717, 1.165) is 19.3 Å². The molecule has 0 aromatic rings. The summed E-state index contributed by atoms with van der Waals surface area (Å²) in [6.07, 6.45) is 16.6. The van der Waals surface area contributed by atoms with Crippen molar-refractivity contribution in [2.24, 2.45) is 0 Å². The number of hydrogen-bond donors (Lipinski definition) is 3. The number of aliphatic hydroxyl groups excluding tert-OH is 3. The standard InChI is InChI=1S/C22H42O5/c1-2-3-4-5-6-7-8-9-10-11-12-13-14-15-16-26-20-18-27-22(21(20)25)19(24)17-23/h9-10,19-25H,2-8,11-18H2,1H3/b10-9+/t19-,20+,21-,22-/m1/s1. The van der Waals surface area contributed by atoms with Gasteiger partial charge in [0.25, 0.3) is 0 Å². The highest BCUT2D eigenvalue weighted by atomic mass is 16.6. The molecule has 0 bridgehead atoms. The molecule has 0 amide bonds. The molecule has 27 heavy (non-hydrogen) atoms. The molecule has 1 saturated heterocycles. The number of ether oxygens (including phenoxy) is 2. The van der Waals surface area contributed by atoms with Crippen LogP contribution in [0.3, 0.4) is 0 Å². The molecule has 1 heterocycles. The average Bonchev–Trinajstić information content (AvgIpc) is 3.04. The van der Waals surface area contributed by atoms with Crippen molar-refractivity contribution in [1.29, 1.82) is 0 Å². The quantitative estimate of drug-likeness (QED) is 0.262. The SMILES string of the molecule is CCCCCCCC/C=C/CCCCCCO[C@H]1CO[C@H]([C@H](O)CO)[C@@H]1O. The second kappa shape index (κ2) is 16.5. The molecule has 0 aromatic carbocycles. The summed E-state index contributed by atoms with van der Waals surface area (Å²) in [5.41, 5.74) is 0. The Balaban J connectivity index is 1.87. The van der Waals surface area contributed by atoms with Gasteiger partial charge in [0.1, 0.15) is 24.4 Å². The summed E-state index contributed by atoms with van der Waals surface area (Å²) in [6, 6.07) is 0. The molecule has 4 atom stereocenters. The lowest BCUT2D eigenvalue weighted by Crippen LogP contribution is -2.41. The van der Waals surface area contributed by atoms with Gasteiger partial charge in [0.15, 0.2) is 0 Å². The molecular formula is C22H42O5. The van der Waals surface area contributed by atoms with Gasteiger partial charge in [-0.3, -0.25) is 0 Å². The second-order valence-electron chi connectivity index (χ2n) is 7.68. The van der Waals surface area contributed by atoms with E-state index in [1.807, 2.05) is 0 Å². The minimum atomic E-state index is -1.05. The minimum absolute atomic E-state index is 0.270. The van der Waals surface area contributed by atoms with E-state index in [0.29, 0.717) is 6.61 Å². The lowest BCUT2D eigenvalue weighted by atomic mass is 10.1. The number of rotatable bonds is 17. The van der Waals surface area contributed by atoms with Gasteiger partial charge >= 0.3 is 0 Å². The average molecular weight is 387 g/mol. The van der Waals surface area contributed by atoms with E-state index in [4.69, 9.17) is 14.6 Å². The summed E-state index contributed by atoms with van der Waals surface area (Å²) in [5.74, 6) is 0. The number of aliphatic hydroxyl groups is 3. The van der Waals surface area contributed by atoms with Crippen LogP contribution in [0.4, 0.5) is 0 Å². The van der Waals surface area contributed by atoms with Crippen molar-refractivity contribution in [2.75, 3.05) is 19.8 Å².